The Morgan fingerprint density at radius 1 is 1.27 bits per heavy atom. The number of Topliss-reactive ketones (excluding diaryl/α,β-unsaturated/α-hetero) is 1. The molecule has 0 saturated carbocycles. The van der Waals surface area contributed by atoms with Crippen molar-refractivity contribution in [2.75, 3.05) is 6.61 Å². The van der Waals surface area contributed by atoms with Gasteiger partial charge in [0.2, 0.25) is 0 Å². The molecular weight excluding hydrogens is 326 g/mol. The van der Waals surface area contributed by atoms with Crippen molar-refractivity contribution in [3.05, 3.63) is 58.9 Å². The molecule has 0 fully saturated rings. The van der Waals surface area contributed by atoms with Crippen LogP contribution in [0.2, 0.25) is 0 Å². The van der Waals surface area contributed by atoms with Gasteiger partial charge < -0.3 is 10.1 Å². The first-order valence-corrected chi connectivity index (χ1v) is 9.42. The van der Waals surface area contributed by atoms with Gasteiger partial charge in [-0.3, -0.25) is 9.59 Å². The van der Waals surface area contributed by atoms with Crippen molar-refractivity contribution in [2.45, 2.75) is 51.9 Å². The van der Waals surface area contributed by atoms with Gasteiger partial charge in [0.1, 0.15) is 5.92 Å². The topological polar surface area (TPSA) is 55.4 Å². The monoisotopic (exact) mass is 353 g/mol. The lowest BCUT2D eigenvalue weighted by atomic mass is 9.71. The van der Waals surface area contributed by atoms with Crippen LogP contribution in [-0.2, 0) is 14.3 Å². The fraction of sp³-hybridized carbons (Fsp3) is 0.455. The molecule has 0 spiro atoms. The van der Waals surface area contributed by atoms with E-state index in [4.69, 9.17) is 4.74 Å². The van der Waals surface area contributed by atoms with Crippen molar-refractivity contribution >= 4 is 11.8 Å². The van der Waals surface area contributed by atoms with Crippen LogP contribution in [0.4, 0.5) is 0 Å². The van der Waals surface area contributed by atoms with E-state index in [-0.39, 0.29) is 17.7 Å². The number of esters is 1. The molecule has 1 aliphatic carbocycles. The van der Waals surface area contributed by atoms with Gasteiger partial charge in [-0.15, -0.1) is 0 Å². The van der Waals surface area contributed by atoms with Crippen LogP contribution in [0.5, 0.6) is 0 Å². The zero-order chi connectivity index (χ0) is 18.8. The molecule has 1 heterocycles. The van der Waals surface area contributed by atoms with Crippen LogP contribution in [-0.4, -0.2) is 18.4 Å². The van der Waals surface area contributed by atoms with Crippen molar-refractivity contribution in [1.29, 1.82) is 0 Å². The molecule has 26 heavy (non-hydrogen) atoms. The average Bonchev–Trinajstić information content (AvgIpc) is 2.61. The van der Waals surface area contributed by atoms with Gasteiger partial charge in [-0.1, -0.05) is 44.7 Å². The van der Waals surface area contributed by atoms with E-state index in [2.05, 4.69) is 37.9 Å². The highest BCUT2D eigenvalue weighted by Crippen LogP contribution is 2.44. The number of allylic oxidation sites excluding steroid dienone is 2. The van der Waals surface area contributed by atoms with Gasteiger partial charge in [-0.25, -0.2) is 0 Å². The van der Waals surface area contributed by atoms with Crippen LogP contribution in [0.1, 0.15) is 63.0 Å². The van der Waals surface area contributed by atoms with E-state index in [1.165, 1.54) is 5.56 Å². The fourth-order valence-electron chi connectivity index (χ4n) is 3.95. The lowest BCUT2D eigenvalue weighted by molar-refractivity contribution is -0.147. The summed E-state index contributed by atoms with van der Waals surface area (Å²) in [5.41, 5.74) is 4.48. The molecule has 138 valence electrons. The van der Waals surface area contributed by atoms with Crippen LogP contribution in [0, 0.1) is 5.92 Å². The lowest BCUT2D eigenvalue weighted by Gasteiger charge is -2.38. The molecule has 0 aromatic heterocycles. The highest BCUT2D eigenvalue weighted by atomic mass is 16.5. The normalized spacial score (nSPS) is 22.9. The van der Waals surface area contributed by atoms with E-state index >= 15 is 0 Å². The van der Waals surface area contributed by atoms with Crippen LogP contribution >= 0.6 is 0 Å². The zero-order valence-electron chi connectivity index (χ0n) is 15.8. The summed E-state index contributed by atoms with van der Waals surface area (Å²) in [5, 5.41) is 3.23. The number of ketones is 1. The molecule has 1 aromatic carbocycles. The second kappa shape index (κ2) is 7.48. The van der Waals surface area contributed by atoms with Gasteiger partial charge in [0.25, 0.3) is 0 Å². The predicted octanol–water partition coefficient (Wildman–Crippen LogP) is 4.20. The standard InChI is InChI=1S/C22H27NO3/c1-5-26-22(25)19-14(4)23-17-7-6-8-18(24)21(17)20(19)16-11-9-15(10-12-16)13(2)3/h9-13,19-20,23H,4-8H2,1-3H3. The lowest BCUT2D eigenvalue weighted by Crippen LogP contribution is -2.41. The maximum Gasteiger partial charge on any atom is 0.315 e. The Morgan fingerprint density at radius 2 is 1.96 bits per heavy atom. The first-order chi connectivity index (χ1) is 12.4. The minimum absolute atomic E-state index is 0.124. The predicted molar refractivity (Wildman–Crippen MR) is 102 cm³/mol. The third kappa shape index (κ3) is 3.33. The molecular formula is C22H27NO3. The highest BCUT2D eigenvalue weighted by molar-refractivity contribution is 6.00. The average molecular weight is 353 g/mol. The second-order valence-corrected chi connectivity index (χ2v) is 7.35. The van der Waals surface area contributed by atoms with Gasteiger partial charge >= 0.3 is 5.97 Å². The summed E-state index contributed by atoms with van der Waals surface area (Å²) in [6.07, 6.45) is 2.18. The number of nitrogens with one attached hydrogen (secondary N) is 1. The molecule has 2 aliphatic rings. The minimum atomic E-state index is -0.583. The quantitative estimate of drug-likeness (QED) is 0.825. The molecule has 0 amide bonds. The summed E-state index contributed by atoms with van der Waals surface area (Å²) in [4.78, 5) is 25.4. The Labute approximate surface area is 155 Å². The van der Waals surface area contributed by atoms with Crippen LogP contribution in [0.3, 0.4) is 0 Å². The van der Waals surface area contributed by atoms with E-state index in [1.807, 2.05) is 12.1 Å². The summed E-state index contributed by atoms with van der Waals surface area (Å²) >= 11 is 0. The van der Waals surface area contributed by atoms with E-state index < -0.39 is 5.92 Å². The summed E-state index contributed by atoms with van der Waals surface area (Å²) < 4.78 is 5.31. The Bertz CT molecular complexity index is 758. The van der Waals surface area contributed by atoms with Gasteiger partial charge in [0.15, 0.2) is 5.78 Å². The molecule has 1 N–H and O–H groups in total. The number of hydrogen-bond acceptors (Lipinski definition) is 4. The Hall–Kier alpha value is -2.36. The molecule has 2 unspecified atom stereocenters. The van der Waals surface area contributed by atoms with E-state index in [9.17, 15) is 9.59 Å². The number of hydrogen-bond donors (Lipinski definition) is 1. The third-order valence-corrected chi connectivity index (χ3v) is 5.29. The molecule has 1 aromatic rings. The fourth-order valence-corrected chi connectivity index (χ4v) is 3.95. The molecule has 0 bridgehead atoms. The van der Waals surface area contributed by atoms with Gasteiger partial charge in [0.05, 0.1) is 6.61 Å². The maximum atomic E-state index is 12.7. The Morgan fingerprint density at radius 3 is 2.58 bits per heavy atom. The molecule has 4 nitrogen and oxygen atoms in total. The van der Waals surface area contributed by atoms with E-state index in [0.29, 0.717) is 24.6 Å². The Kier molecular flexibility index (Phi) is 5.30. The molecule has 3 rings (SSSR count). The largest absolute Gasteiger partial charge is 0.465 e. The van der Waals surface area contributed by atoms with E-state index in [1.54, 1.807) is 6.92 Å². The number of rotatable bonds is 4. The first kappa shape index (κ1) is 18.4. The molecule has 1 aliphatic heterocycles. The van der Waals surface area contributed by atoms with Crippen molar-refractivity contribution < 1.29 is 14.3 Å². The highest BCUT2D eigenvalue weighted by Gasteiger charge is 2.43. The molecule has 4 heteroatoms. The summed E-state index contributed by atoms with van der Waals surface area (Å²) in [5.74, 6) is -0.683. The van der Waals surface area contributed by atoms with Crippen LogP contribution in [0.25, 0.3) is 0 Å². The van der Waals surface area contributed by atoms with Crippen LogP contribution in [0.15, 0.2) is 47.8 Å². The van der Waals surface area contributed by atoms with Crippen molar-refractivity contribution in [3.8, 4) is 0 Å². The summed E-state index contributed by atoms with van der Waals surface area (Å²) in [6.45, 7) is 10.5. The minimum Gasteiger partial charge on any atom is -0.465 e. The maximum absolute atomic E-state index is 12.7. The summed E-state index contributed by atoms with van der Waals surface area (Å²) in [6, 6.07) is 8.25. The first-order valence-electron chi connectivity index (χ1n) is 9.42. The molecule has 0 saturated heterocycles. The Balaban J connectivity index is 2.10. The number of benzene rings is 1. The van der Waals surface area contributed by atoms with E-state index in [0.717, 1.165) is 29.7 Å². The van der Waals surface area contributed by atoms with Gasteiger partial charge in [0, 0.05) is 29.3 Å². The third-order valence-electron chi connectivity index (χ3n) is 5.29. The van der Waals surface area contributed by atoms with Crippen LogP contribution < -0.4 is 5.32 Å². The smallest absolute Gasteiger partial charge is 0.315 e. The van der Waals surface area contributed by atoms with Crippen molar-refractivity contribution in [2.24, 2.45) is 5.92 Å². The second-order valence-electron chi connectivity index (χ2n) is 7.35. The van der Waals surface area contributed by atoms with Crippen molar-refractivity contribution in [3.63, 3.8) is 0 Å². The van der Waals surface area contributed by atoms with Gasteiger partial charge in [-0.2, -0.15) is 0 Å². The number of carbonyl (C=O) groups is 2. The summed E-state index contributed by atoms with van der Waals surface area (Å²) in [7, 11) is 0. The molecule has 2 atom stereocenters. The number of ether oxygens (including phenoxy) is 1. The molecule has 0 radical (unpaired) electrons. The number of carbonyl (C=O) groups excluding carboxylic acids is 2. The van der Waals surface area contributed by atoms with Gasteiger partial charge in [-0.05, 0) is 36.8 Å². The zero-order valence-corrected chi connectivity index (χ0v) is 15.8. The van der Waals surface area contributed by atoms with Crippen molar-refractivity contribution in [1.82, 2.24) is 5.32 Å². The SMILES string of the molecule is C=C1NC2=C(C(=O)CCC2)C(c2ccc(C(C)C)cc2)C1C(=O)OCC.